The molecule has 1 N–H and O–H groups in total. The lowest BCUT2D eigenvalue weighted by molar-refractivity contribution is -0.158. The summed E-state index contributed by atoms with van der Waals surface area (Å²) < 4.78 is 80.4. The molecule has 14 nitrogen and oxygen atoms in total. The van der Waals surface area contributed by atoms with Gasteiger partial charge in [0.25, 0.3) is 5.91 Å². The van der Waals surface area contributed by atoms with E-state index in [0.29, 0.717) is 24.0 Å². The van der Waals surface area contributed by atoms with Crippen LogP contribution in [0.5, 0.6) is 0 Å². The molecular formula is C42H61F2N4O10PS4. The highest BCUT2D eigenvalue weighted by Gasteiger charge is 2.55. The van der Waals surface area contributed by atoms with Gasteiger partial charge in [0.15, 0.2) is 10.2 Å². The minimum absolute atomic E-state index is 0.0469. The average molecular weight is 979 g/mol. The maximum absolute atomic E-state index is 16.4. The second kappa shape index (κ2) is 20.2. The second-order valence-electron chi connectivity index (χ2n) is 18.6. The Morgan fingerprint density at radius 1 is 0.968 bits per heavy atom. The molecule has 3 amide bonds. The van der Waals surface area contributed by atoms with E-state index in [1.165, 1.54) is 26.3 Å². The van der Waals surface area contributed by atoms with Crippen molar-refractivity contribution in [1.82, 2.24) is 15.1 Å². The van der Waals surface area contributed by atoms with Gasteiger partial charge in [-0.3, -0.25) is 28.5 Å². The molecule has 3 saturated heterocycles. The summed E-state index contributed by atoms with van der Waals surface area (Å²) in [6.07, 6.45) is 4.84. The molecule has 0 saturated carbocycles. The number of nitrogens with one attached hydrogen (secondary N) is 1. The molecule has 21 heteroatoms. The number of benzene rings is 1. The van der Waals surface area contributed by atoms with Crippen LogP contribution in [-0.2, 0) is 52.9 Å². The van der Waals surface area contributed by atoms with Crippen molar-refractivity contribution >= 4 is 90.2 Å². The molecule has 0 spiro atoms. The van der Waals surface area contributed by atoms with Gasteiger partial charge < -0.3 is 28.9 Å². The summed E-state index contributed by atoms with van der Waals surface area (Å²) in [5.74, 6) is -0.850. The van der Waals surface area contributed by atoms with E-state index < -0.39 is 70.1 Å². The Morgan fingerprint density at radius 2 is 1.57 bits per heavy atom. The number of fused-ring (bicyclic) bond motifs is 2. The van der Waals surface area contributed by atoms with E-state index in [-0.39, 0.29) is 81.2 Å². The van der Waals surface area contributed by atoms with E-state index in [1.807, 2.05) is 0 Å². The number of hydrogen-bond donors (Lipinski definition) is 1. The van der Waals surface area contributed by atoms with Crippen LogP contribution < -0.4 is 5.32 Å². The van der Waals surface area contributed by atoms with Gasteiger partial charge >= 0.3 is 13.3 Å². The fourth-order valence-electron chi connectivity index (χ4n) is 7.73. The van der Waals surface area contributed by atoms with Crippen LogP contribution in [0.2, 0.25) is 0 Å². The van der Waals surface area contributed by atoms with Crippen molar-refractivity contribution in [3.05, 3.63) is 34.7 Å². The van der Waals surface area contributed by atoms with Crippen molar-refractivity contribution in [2.45, 2.75) is 109 Å². The molecule has 2 aromatic rings. The van der Waals surface area contributed by atoms with Gasteiger partial charge in [0, 0.05) is 81.2 Å². The van der Waals surface area contributed by atoms with Gasteiger partial charge in [0.1, 0.15) is 11.6 Å². The van der Waals surface area contributed by atoms with E-state index in [1.54, 1.807) is 57.6 Å². The zero-order valence-electron chi connectivity index (χ0n) is 37.5. The molecule has 3 aliphatic heterocycles. The van der Waals surface area contributed by atoms with Crippen molar-refractivity contribution in [3.63, 3.8) is 0 Å². The first-order valence-corrected chi connectivity index (χ1v) is 27.4. The lowest BCUT2D eigenvalue weighted by Crippen LogP contribution is -2.67. The van der Waals surface area contributed by atoms with E-state index in [9.17, 15) is 32.7 Å². The van der Waals surface area contributed by atoms with Crippen molar-refractivity contribution in [2.75, 3.05) is 64.0 Å². The van der Waals surface area contributed by atoms with Crippen LogP contribution in [0.4, 0.5) is 8.78 Å². The van der Waals surface area contributed by atoms with Crippen LogP contribution in [0.1, 0.15) is 95.3 Å². The summed E-state index contributed by atoms with van der Waals surface area (Å²) in [5.41, 5.74) is -6.95. The Balaban J connectivity index is 1.26. The molecule has 63 heavy (non-hydrogen) atoms. The number of ether oxygens (including phenoxy) is 1. The van der Waals surface area contributed by atoms with Crippen molar-refractivity contribution in [2.24, 2.45) is 15.2 Å². The number of methoxy groups -OCH3 is 1. The number of hydrogen-bond acceptors (Lipinski definition) is 14. The molecular weight excluding hydrogens is 918 g/mol. The second-order valence-corrected chi connectivity index (χ2v) is 26.4. The standard InChI is InChI=1S/C42H61F2N4O10PS4/c1-39(2,3)37(52)60-19-17-57-59(54,58-18-20-61-38(53)40(4,5)6)42(43,44)28-13-16-32-27(21-28)22-33(62-32)35(50)46-31-12-10-11-29-14-15-30(48(29)36(31)51)23-34(49)47-24-41(25-47,56-8)26-63(9,55)45-7/h13,16,21-22,29-31H,10-12,14-15,17-20,23-26H2,1-9H3,(H,46,50)/t29-,30-,31-,63?/m0/s1. The van der Waals surface area contributed by atoms with Crippen LogP contribution >= 0.6 is 42.5 Å². The van der Waals surface area contributed by atoms with Crippen LogP contribution in [0.15, 0.2) is 28.6 Å². The van der Waals surface area contributed by atoms with Gasteiger partial charge in [-0.15, -0.1) is 11.3 Å². The van der Waals surface area contributed by atoms with Crippen LogP contribution in [0.25, 0.3) is 10.1 Å². The maximum atomic E-state index is 16.4. The van der Waals surface area contributed by atoms with E-state index in [0.717, 1.165) is 59.8 Å². The fourth-order valence-corrected chi connectivity index (χ4v) is 13.4. The van der Waals surface area contributed by atoms with Crippen LogP contribution in [0, 0.1) is 10.8 Å². The molecule has 4 atom stereocenters. The molecule has 0 aliphatic carbocycles. The maximum Gasteiger partial charge on any atom is 0.404 e. The van der Waals surface area contributed by atoms with Gasteiger partial charge in [0.05, 0.1) is 36.9 Å². The predicted molar refractivity (Wildman–Crippen MR) is 246 cm³/mol. The SMILES string of the molecule is CN=S(C)(=O)CC1(OC)CN(C(=O)C[C@@H]2CC[C@@H]3CCC[C@H](NC(=O)c4cc5cc(C(F)(F)P(=O)(OCCSC(=O)C(C)(C)C)OCCSC(=O)C(C)(C)C)ccc5s4)C(=O)N32)C1. The monoisotopic (exact) mass is 978 g/mol. The third-order valence-electron chi connectivity index (χ3n) is 11.4. The molecule has 3 aliphatic rings. The summed E-state index contributed by atoms with van der Waals surface area (Å²) in [6.45, 7) is 9.94. The summed E-state index contributed by atoms with van der Waals surface area (Å²) in [6, 6.07) is 3.77. The third-order valence-corrected chi connectivity index (χ3v) is 18.8. The molecule has 5 rings (SSSR count). The molecule has 352 valence electrons. The number of alkyl halides is 2. The zero-order chi connectivity index (χ0) is 46.8. The predicted octanol–water partition coefficient (Wildman–Crippen LogP) is 7.78. The summed E-state index contributed by atoms with van der Waals surface area (Å²) in [7, 11) is -4.69. The van der Waals surface area contributed by atoms with Crippen molar-refractivity contribution in [3.8, 4) is 0 Å². The summed E-state index contributed by atoms with van der Waals surface area (Å²) in [5, 5.41) is 2.76. The number of likely N-dealkylation sites (tertiary alicyclic amines) is 1. The number of nitrogens with zero attached hydrogens (tertiary/aromatic N) is 3. The smallest absolute Gasteiger partial charge is 0.374 e. The van der Waals surface area contributed by atoms with E-state index in [4.69, 9.17) is 13.8 Å². The van der Waals surface area contributed by atoms with Crippen molar-refractivity contribution in [1.29, 1.82) is 0 Å². The van der Waals surface area contributed by atoms with Crippen molar-refractivity contribution < 1.29 is 55.3 Å². The lowest BCUT2D eigenvalue weighted by Gasteiger charge is -2.49. The molecule has 3 fully saturated rings. The Bertz CT molecular complexity index is 2190. The minimum Gasteiger partial charge on any atom is -0.374 e. The number of rotatable bonds is 17. The minimum atomic E-state index is -5.26. The van der Waals surface area contributed by atoms with Crippen LogP contribution in [0.3, 0.4) is 0 Å². The quantitative estimate of drug-likeness (QED) is 0.121. The average Bonchev–Trinajstić information content (AvgIpc) is 3.77. The molecule has 1 aromatic heterocycles. The van der Waals surface area contributed by atoms with E-state index in [2.05, 4.69) is 9.68 Å². The normalized spacial score (nSPS) is 21.6. The first-order chi connectivity index (χ1) is 29.2. The van der Waals surface area contributed by atoms with Crippen LogP contribution in [-0.4, -0.2) is 130 Å². The first kappa shape index (κ1) is 51.5. The fraction of sp³-hybridized carbons (Fsp3) is 0.690. The molecule has 1 unspecified atom stereocenters. The number of amides is 3. The molecule has 1 aromatic carbocycles. The zero-order valence-corrected chi connectivity index (χ0v) is 41.7. The topological polar surface area (TPSA) is 178 Å². The highest BCUT2D eigenvalue weighted by molar-refractivity contribution is 8.14. The van der Waals surface area contributed by atoms with Gasteiger partial charge in [-0.2, -0.15) is 8.78 Å². The third kappa shape index (κ3) is 12.3. The summed E-state index contributed by atoms with van der Waals surface area (Å²) >= 11 is 2.80. The summed E-state index contributed by atoms with van der Waals surface area (Å²) in [4.78, 5) is 69.7. The number of thiophene rings is 1. The molecule has 4 heterocycles. The van der Waals surface area contributed by atoms with Gasteiger partial charge in [-0.05, 0) is 55.7 Å². The Hall–Kier alpha value is -2.45. The molecule has 0 radical (unpaired) electrons. The highest BCUT2D eigenvalue weighted by Crippen LogP contribution is 2.67. The Labute approximate surface area is 382 Å². The molecule has 0 bridgehead atoms. The first-order valence-electron chi connectivity index (χ1n) is 20.9. The number of thioether (sulfide) groups is 2. The Kier molecular flexibility index (Phi) is 16.5. The largest absolute Gasteiger partial charge is 0.404 e. The number of carbonyl (C=O) groups is 5. The van der Waals surface area contributed by atoms with Gasteiger partial charge in [-0.1, -0.05) is 71.1 Å². The number of halogens is 2. The highest BCUT2D eigenvalue weighted by atomic mass is 32.2. The van der Waals surface area contributed by atoms with Gasteiger partial charge in [-0.25, -0.2) is 8.57 Å². The lowest BCUT2D eigenvalue weighted by atomic mass is 9.95. The Morgan fingerprint density at radius 3 is 2.13 bits per heavy atom. The van der Waals surface area contributed by atoms with Gasteiger partial charge in [0.2, 0.25) is 11.8 Å². The van der Waals surface area contributed by atoms with E-state index >= 15 is 8.78 Å². The number of carbonyl (C=O) groups excluding carboxylic acids is 5.